The van der Waals surface area contributed by atoms with Gasteiger partial charge in [-0.2, -0.15) is 13.2 Å². The van der Waals surface area contributed by atoms with Gasteiger partial charge in [-0.3, -0.25) is 14.4 Å². The molecule has 2 atom stereocenters. The van der Waals surface area contributed by atoms with Gasteiger partial charge < -0.3 is 24.8 Å². The number of thioether (sulfide) groups is 1. The van der Waals surface area contributed by atoms with Crippen LogP contribution in [0.3, 0.4) is 0 Å². The first kappa shape index (κ1) is 36.3. The number of piperidine rings is 1. The number of rotatable bonds is 8. The zero-order chi connectivity index (χ0) is 36.5. The summed E-state index contributed by atoms with van der Waals surface area (Å²) in [7, 11) is 0. The third kappa shape index (κ3) is 8.87. The van der Waals surface area contributed by atoms with E-state index in [1.165, 1.54) is 16.7 Å². The van der Waals surface area contributed by atoms with E-state index in [-0.39, 0.29) is 30.2 Å². The lowest BCUT2D eigenvalue weighted by atomic mass is 9.79. The Morgan fingerprint density at radius 2 is 1.67 bits per heavy atom. The maximum atomic E-state index is 14.9. The fourth-order valence-corrected chi connectivity index (χ4v) is 7.53. The fraction of sp³-hybridized carbons (Fsp3) is 0.421. The Hall–Kier alpha value is -4.52. The van der Waals surface area contributed by atoms with Crippen LogP contribution in [0.1, 0.15) is 51.5 Å². The van der Waals surface area contributed by atoms with Crippen molar-refractivity contribution in [3.8, 4) is 11.1 Å². The van der Waals surface area contributed by atoms with Crippen LogP contribution in [0.2, 0.25) is 0 Å². The molecular weight excluding hydrogens is 682 g/mol. The van der Waals surface area contributed by atoms with Gasteiger partial charge in [0.25, 0.3) is 0 Å². The van der Waals surface area contributed by atoms with Crippen molar-refractivity contribution in [1.82, 2.24) is 10.2 Å². The monoisotopic (exact) mass is 722 g/mol. The van der Waals surface area contributed by atoms with Crippen molar-refractivity contribution in [1.29, 1.82) is 0 Å². The number of halogens is 3. The first-order valence-corrected chi connectivity index (χ1v) is 18.0. The molecule has 13 heteroatoms. The highest BCUT2D eigenvalue weighted by atomic mass is 32.2. The Bertz CT molecular complexity index is 1790. The standard InChI is InChI=1S/C38H41F3N4O5S/c1-37(2,3)50-36(49)43-17-16-29(26-11-7-10-25(18-26)24-8-5-4-6-9-24)30(20-43)35(48)45(27-12-13-27)28-14-15-32-31(19-28)44(34(47)22-51-32)21-33(46)42-23-38(39,40)41/h4-11,14-15,18-19,27,29-30H,12-13,16-17,20-23H2,1-3H3,(H,42,46)/t29-,30+/m1/s1. The molecular formula is C38H41F3N4O5S. The van der Waals surface area contributed by atoms with E-state index < -0.39 is 48.7 Å². The van der Waals surface area contributed by atoms with Crippen molar-refractivity contribution in [2.75, 3.05) is 41.7 Å². The summed E-state index contributed by atoms with van der Waals surface area (Å²) in [5.74, 6) is -2.36. The lowest BCUT2D eigenvalue weighted by Crippen LogP contribution is -2.51. The Labute approximate surface area is 299 Å². The molecule has 1 N–H and O–H groups in total. The van der Waals surface area contributed by atoms with Crippen molar-refractivity contribution >= 4 is 47.0 Å². The summed E-state index contributed by atoms with van der Waals surface area (Å²) >= 11 is 1.27. The minimum absolute atomic E-state index is 0.0243. The van der Waals surface area contributed by atoms with E-state index in [2.05, 4.69) is 6.07 Å². The molecule has 0 radical (unpaired) electrons. The van der Waals surface area contributed by atoms with E-state index in [9.17, 15) is 32.3 Å². The van der Waals surface area contributed by atoms with Gasteiger partial charge >= 0.3 is 12.3 Å². The maximum Gasteiger partial charge on any atom is 0.410 e. The van der Waals surface area contributed by atoms with Gasteiger partial charge in [0, 0.05) is 29.7 Å². The largest absolute Gasteiger partial charge is 0.444 e. The second-order valence-corrected chi connectivity index (χ2v) is 15.2. The molecule has 2 fully saturated rings. The predicted molar refractivity (Wildman–Crippen MR) is 190 cm³/mol. The third-order valence-corrected chi connectivity index (χ3v) is 10.2. The number of alkyl halides is 3. The lowest BCUT2D eigenvalue weighted by Gasteiger charge is -2.41. The zero-order valence-electron chi connectivity index (χ0n) is 28.7. The van der Waals surface area contributed by atoms with Crippen LogP contribution in [0.4, 0.5) is 29.3 Å². The number of ether oxygens (including phenoxy) is 1. The molecule has 0 spiro atoms. The summed E-state index contributed by atoms with van der Waals surface area (Å²) in [5.41, 5.74) is 3.21. The van der Waals surface area contributed by atoms with Gasteiger partial charge in [0.15, 0.2) is 0 Å². The smallest absolute Gasteiger partial charge is 0.410 e. The van der Waals surface area contributed by atoms with Crippen LogP contribution in [-0.2, 0) is 19.1 Å². The quantitative estimate of drug-likeness (QED) is 0.269. The van der Waals surface area contributed by atoms with E-state index in [0.29, 0.717) is 29.2 Å². The molecule has 0 unspecified atom stereocenters. The molecule has 2 heterocycles. The average Bonchev–Trinajstić information content (AvgIpc) is 3.93. The second-order valence-electron chi connectivity index (χ2n) is 14.2. The Kier molecular flexibility index (Phi) is 10.4. The summed E-state index contributed by atoms with van der Waals surface area (Å²) in [6.07, 6.45) is -3.03. The fourth-order valence-electron chi connectivity index (χ4n) is 6.61. The number of benzene rings is 3. The molecule has 3 aliphatic rings. The Morgan fingerprint density at radius 3 is 2.35 bits per heavy atom. The summed E-state index contributed by atoms with van der Waals surface area (Å²) in [4.78, 5) is 58.9. The van der Waals surface area contributed by atoms with Gasteiger partial charge in [0.2, 0.25) is 17.7 Å². The summed E-state index contributed by atoms with van der Waals surface area (Å²) < 4.78 is 44.0. The van der Waals surface area contributed by atoms with Gasteiger partial charge in [0.1, 0.15) is 18.7 Å². The molecule has 270 valence electrons. The molecule has 51 heavy (non-hydrogen) atoms. The number of anilines is 2. The van der Waals surface area contributed by atoms with E-state index >= 15 is 0 Å². The number of fused-ring (bicyclic) bond motifs is 1. The number of nitrogens with one attached hydrogen (secondary N) is 1. The van der Waals surface area contributed by atoms with Crippen LogP contribution in [0.25, 0.3) is 11.1 Å². The van der Waals surface area contributed by atoms with E-state index in [1.54, 1.807) is 48.8 Å². The molecule has 9 nitrogen and oxygen atoms in total. The van der Waals surface area contributed by atoms with Crippen molar-refractivity contribution in [3.05, 3.63) is 78.4 Å². The van der Waals surface area contributed by atoms with Crippen LogP contribution < -0.4 is 15.1 Å². The van der Waals surface area contributed by atoms with E-state index in [4.69, 9.17) is 4.74 Å². The first-order chi connectivity index (χ1) is 24.2. The molecule has 6 rings (SSSR count). The molecule has 2 aliphatic heterocycles. The van der Waals surface area contributed by atoms with Crippen LogP contribution >= 0.6 is 11.8 Å². The first-order valence-electron chi connectivity index (χ1n) is 17.0. The number of likely N-dealkylation sites (tertiary alicyclic amines) is 1. The highest BCUT2D eigenvalue weighted by Gasteiger charge is 2.44. The summed E-state index contributed by atoms with van der Waals surface area (Å²) in [6.45, 7) is 3.85. The topological polar surface area (TPSA) is 99.3 Å². The van der Waals surface area contributed by atoms with Crippen molar-refractivity contribution in [3.63, 3.8) is 0 Å². The van der Waals surface area contributed by atoms with E-state index in [1.807, 2.05) is 53.8 Å². The number of carbonyl (C=O) groups excluding carboxylic acids is 4. The SMILES string of the molecule is CC(C)(C)OC(=O)N1CC[C@H](c2cccc(-c3ccccc3)c2)[C@@H](C(=O)N(c2ccc3c(c2)N(CC(=O)NCC(F)(F)F)C(=O)CS3)C2CC2)C1. The molecule has 3 aromatic carbocycles. The molecule has 1 saturated heterocycles. The van der Waals surface area contributed by atoms with Crippen LogP contribution in [0.15, 0.2) is 77.7 Å². The molecule has 0 bridgehead atoms. The van der Waals surface area contributed by atoms with Crippen LogP contribution in [0.5, 0.6) is 0 Å². The molecule has 4 amide bonds. The van der Waals surface area contributed by atoms with Gasteiger partial charge in [-0.1, -0.05) is 54.6 Å². The summed E-state index contributed by atoms with van der Waals surface area (Å²) in [5, 5.41) is 1.84. The lowest BCUT2D eigenvalue weighted by molar-refractivity contribution is -0.137. The minimum Gasteiger partial charge on any atom is -0.444 e. The van der Waals surface area contributed by atoms with Gasteiger partial charge in [0.05, 0.1) is 17.4 Å². The third-order valence-electron chi connectivity index (χ3n) is 9.10. The van der Waals surface area contributed by atoms with Crippen molar-refractivity contribution in [2.45, 2.75) is 68.7 Å². The van der Waals surface area contributed by atoms with Gasteiger partial charge in [-0.15, -0.1) is 11.8 Å². The molecule has 3 aromatic rings. The van der Waals surface area contributed by atoms with Crippen LogP contribution in [0, 0.1) is 5.92 Å². The number of hydrogen-bond acceptors (Lipinski definition) is 6. The Morgan fingerprint density at radius 1 is 0.941 bits per heavy atom. The number of amides is 4. The van der Waals surface area contributed by atoms with Crippen molar-refractivity contribution < 1.29 is 37.1 Å². The number of carbonyl (C=O) groups is 4. The molecule has 1 aliphatic carbocycles. The number of nitrogens with zero attached hydrogens (tertiary/aromatic N) is 3. The molecule has 1 saturated carbocycles. The average molecular weight is 723 g/mol. The predicted octanol–water partition coefficient (Wildman–Crippen LogP) is 7.01. The Balaban J connectivity index is 1.33. The van der Waals surface area contributed by atoms with E-state index in [0.717, 1.165) is 29.5 Å². The van der Waals surface area contributed by atoms with Gasteiger partial charge in [-0.05, 0) is 80.8 Å². The highest BCUT2D eigenvalue weighted by Crippen LogP contribution is 2.43. The minimum atomic E-state index is -4.59. The summed E-state index contributed by atoms with van der Waals surface area (Å²) in [6, 6.07) is 23.2. The molecule has 0 aromatic heterocycles. The highest BCUT2D eigenvalue weighted by molar-refractivity contribution is 8.00. The van der Waals surface area contributed by atoms with Gasteiger partial charge in [-0.25, -0.2) is 4.79 Å². The zero-order valence-corrected chi connectivity index (χ0v) is 29.6. The number of hydrogen-bond donors (Lipinski definition) is 1. The second kappa shape index (κ2) is 14.6. The van der Waals surface area contributed by atoms with Crippen LogP contribution in [-0.4, -0.2) is 78.5 Å². The van der Waals surface area contributed by atoms with Crippen molar-refractivity contribution in [2.24, 2.45) is 5.92 Å². The maximum absolute atomic E-state index is 14.9. The normalized spacial score (nSPS) is 19.3.